The lowest BCUT2D eigenvalue weighted by Crippen LogP contribution is -2.38. The van der Waals surface area contributed by atoms with Crippen LogP contribution in [0.15, 0.2) is 82.0 Å². The second kappa shape index (κ2) is 10.8. The molecule has 4 rings (SSSR count). The number of amides is 1. The van der Waals surface area contributed by atoms with E-state index in [4.69, 9.17) is 9.73 Å². The summed E-state index contributed by atoms with van der Waals surface area (Å²) in [6.45, 7) is 2.38. The van der Waals surface area contributed by atoms with E-state index in [-0.39, 0.29) is 18.0 Å². The number of carbonyl (C=O) groups is 2. The standard InChI is InChI=1S/C26H26N4O5S/c1-4-21-23(25(32)35-3)24(18-10-12-19(13-11-18)30(33)34)29-20(16-36-26(29)27-21)14-22(31)28(2)15-17-8-6-5-7-9-17/h5-13,16,24H,4,14-15H2,1-3H3/t24-/m1/s1. The molecular formula is C26H26N4O5S. The molecule has 0 aromatic heterocycles. The third kappa shape index (κ3) is 5.03. The smallest absolute Gasteiger partial charge is 0.338 e. The van der Waals surface area contributed by atoms with Crippen molar-refractivity contribution in [1.29, 1.82) is 0 Å². The number of hydrogen-bond donors (Lipinski definition) is 0. The fraction of sp³-hybridized carbons (Fsp3) is 0.269. The van der Waals surface area contributed by atoms with Crippen LogP contribution in [0, 0.1) is 10.1 Å². The van der Waals surface area contributed by atoms with Crippen LogP contribution in [-0.2, 0) is 20.9 Å². The first-order chi connectivity index (χ1) is 17.3. The Labute approximate surface area is 213 Å². The molecule has 0 saturated heterocycles. The molecule has 2 aromatic carbocycles. The number of thioether (sulfide) groups is 1. The second-order valence-corrected chi connectivity index (χ2v) is 9.20. The van der Waals surface area contributed by atoms with Crippen LogP contribution >= 0.6 is 11.8 Å². The molecule has 0 bridgehead atoms. The van der Waals surface area contributed by atoms with Crippen molar-refractivity contribution in [3.05, 3.63) is 98.2 Å². The number of aliphatic imine (C=N–C) groups is 1. The van der Waals surface area contributed by atoms with Crippen molar-refractivity contribution >= 4 is 34.5 Å². The van der Waals surface area contributed by atoms with Gasteiger partial charge in [0.2, 0.25) is 5.91 Å². The highest BCUT2D eigenvalue weighted by Crippen LogP contribution is 2.45. The number of benzene rings is 2. The molecule has 1 atom stereocenters. The second-order valence-electron chi connectivity index (χ2n) is 8.36. The number of esters is 1. The van der Waals surface area contributed by atoms with Gasteiger partial charge >= 0.3 is 5.97 Å². The topological polar surface area (TPSA) is 105 Å². The molecule has 0 saturated carbocycles. The summed E-state index contributed by atoms with van der Waals surface area (Å²) < 4.78 is 5.10. The van der Waals surface area contributed by atoms with Gasteiger partial charge in [-0.2, -0.15) is 0 Å². The molecule has 2 heterocycles. The quantitative estimate of drug-likeness (QED) is 0.288. The minimum Gasteiger partial charge on any atom is -0.466 e. The minimum atomic E-state index is -0.630. The SMILES string of the molecule is CCC1=C(C(=O)OC)[C@@H](c2ccc([N+](=O)[O-])cc2)N2C(CC(=O)N(C)Cc3ccccc3)=CSC2=N1. The highest BCUT2D eigenvalue weighted by Gasteiger charge is 2.41. The molecule has 1 amide bonds. The van der Waals surface area contributed by atoms with Gasteiger partial charge < -0.3 is 14.5 Å². The Morgan fingerprint density at radius 1 is 1.17 bits per heavy atom. The Bertz CT molecular complexity index is 1270. The zero-order valence-corrected chi connectivity index (χ0v) is 21.0. The van der Waals surface area contributed by atoms with Crippen LogP contribution in [0.4, 0.5) is 5.69 Å². The fourth-order valence-electron chi connectivity index (χ4n) is 4.24. The summed E-state index contributed by atoms with van der Waals surface area (Å²) in [6.07, 6.45) is 0.606. The van der Waals surface area contributed by atoms with Gasteiger partial charge in [0.15, 0.2) is 5.17 Å². The predicted molar refractivity (Wildman–Crippen MR) is 138 cm³/mol. The lowest BCUT2D eigenvalue weighted by molar-refractivity contribution is -0.384. The number of nitro benzene ring substituents is 1. The number of methoxy groups -OCH3 is 1. The van der Waals surface area contributed by atoms with E-state index in [0.29, 0.717) is 40.7 Å². The van der Waals surface area contributed by atoms with Crippen LogP contribution in [0.25, 0.3) is 0 Å². The van der Waals surface area contributed by atoms with Gasteiger partial charge in [0.1, 0.15) is 0 Å². The first-order valence-corrected chi connectivity index (χ1v) is 12.3. The minimum absolute atomic E-state index is 0.0490. The van der Waals surface area contributed by atoms with Crippen molar-refractivity contribution in [3.63, 3.8) is 0 Å². The molecule has 186 valence electrons. The monoisotopic (exact) mass is 506 g/mol. The zero-order chi connectivity index (χ0) is 25.8. The molecule has 0 unspecified atom stereocenters. The van der Waals surface area contributed by atoms with Crippen LogP contribution in [0.1, 0.15) is 36.9 Å². The number of carbonyl (C=O) groups excluding carboxylic acids is 2. The van der Waals surface area contributed by atoms with Gasteiger partial charge in [-0.3, -0.25) is 14.9 Å². The van der Waals surface area contributed by atoms with Gasteiger partial charge in [-0.05, 0) is 35.1 Å². The lowest BCUT2D eigenvalue weighted by Gasteiger charge is -2.36. The maximum atomic E-state index is 13.2. The van der Waals surface area contributed by atoms with E-state index in [9.17, 15) is 19.7 Å². The highest BCUT2D eigenvalue weighted by atomic mass is 32.2. The average molecular weight is 507 g/mol. The summed E-state index contributed by atoms with van der Waals surface area (Å²) in [5.74, 6) is -0.610. The molecule has 10 heteroatoms. The number of non-ortho nitro benzene ring substituents is 1. The third-order valence-electron chi connectivity index (χ3n) is 6.07. The summed E-state index contributed by atoms with van der Waals surface area (Å²) in [5.41, 5.74) is 3.28. The van der Waals surface area contributed by atoms with Gasteiger partial charge in [0.25, 0.3) is 5.69 Å². The molecule has 2 aliphatic rings. The van der Waals surface area contributed by atoms with E-state index in [1.54, 1.807) is 24.1 Å². The van der Waals surface area contributed by atoms with Crippen molar-refractivity contribution in [1.82, 2.24) is 9.80 Å². The van der Waals surface area contributed by atoms with Crippen molar-refractivity contribution in [3.8, 4) is 0 Å². The summed E-state index contributed by atoms with van der Waals surface area (Å²) in [7, 11) is 3.07. The van der Waals surface area contributed by atoms with Crippen LogP contribution < -0.4 is 0 Å². The van der Waals surface area contributed by atoms with Crippen molar-refractivity contribution in [2.24, 2.45) is 4.99 Å². The maximum Gasteiger partial charge on any atom is 0.338 e. The first-order valence-electron chi connectivity index (χ1n) is 11.4. The molecule has 2 aliphatic heterocycles. The lowest BCUT2D eigenvalue weighted by atomic mass is 9.92. The molecule has 0 aliphatic carbocycles. The number of allylic oxidation sites excluding steroid dienone is 1. The van der Waals surface area contributed by atoms with Crippen LogP contribution in [0.3, 0.4) is 0 Å². The zero-order valence-electron chi connectivity index (χ0n) is 20.2. The largest absolute Gasteiger partial charge is 0.466 e. The van der Waals surface area contributed by atoms with Crippen LogP contribution in [0.5, 0.6) is 0 Å². The maximum absolute atomic E-state index is 13.2. The van der Waals surface area contributed by atoms with E-state index < -0.39 is 16.9 Å². The number of nitrogens with zero attached hydrogens (tertiary/aromatic N) is 4. The summed E-state index contributed by atoms with van der Waals surface area (Å²) in [4.78, 5) is 45.1. The Kier molecular flexibility index (Phi) is 7.54. The number of amidine groups is 1. The van der Waals surface area contributed by atoms with E-state index in [2.05, 4.69) is 0 Å². The van der Waals surface area contributed by atoms with Crippen molar-refractivity contribution in [2.75, 3.05) is 14.2 Å². The third-order valence-corrected chi connectivity index (χ3v) is 6.96. The predicted octanol–water partition coefficient (Wildman–Crippen LogP) is 4.78. The molecule has 2 aromatic rings. The molecule has 0 N–H and O–H groups in total. The van der Waals surface area contributed by atoms with Gasteiger partial charge in [-0.1, -0.05) is 49.0 Å². The van der Waals surface area contributed by atoms with E-state index in [1.165, 1.54) is 31.0 Å². The molecule has 9 nitrogen and oxygen atoms in total. The Morgan fingerprint density at radius 3 is 2.47 bits per heavy atom. The number of ether oxygens (including phenoxy) is 1. The summed E-state index contributed by atoms with van der Waals surface area (Å²) in [6, 6.07) is 15.2. The average Bonchev–Trinajstić information content (AvgIpc) is 3.29. The number of hydrogen-bond acceptors (Lipinski definition) is 8. The fourth-order valence-corrected chi connectivity index (χ4v) is 5.18. The Balaban J connectivity index is 1.67. The van der Waals surface area contributed by atoms with Gasteiger partial charge in [-0.15, -0.1) is 0 Å². The number of rotatable bonds is 8. The number of fused-ring (bicyclic) bond motifs is 1. The summed E-state index contributed by atoms with van der Waals surface area (Å²) in [5, 5.41) is 13.7. The Hall–Kier alpha value is -3.92. The molecular weight excluding hydrogens is 480 g/mol. The normalized spacial score (nSPS) is 16.8. The van der Waals surface area contributed by atoms with Gasteiger partial charge in [0, 0.05) is 31.4 Å². The van der Waals surface area contributed by atoms with Gasteiger partial charge in [0.05, 0.1) is 35.8 Å². The van der Waals surface area contributed by atoms with E-state index in [0.717, 1.165) is 5.56 Å². The molecule has 0 spiro atoms. The van der Waals surface area contributed by atoms with Crippen LogP contribution in [0.2, 0.25) is 0 Å². The van der Waals surface area contributed by atoms with E-state index >= 15 is 0 Å². The summed E-state index contributed by atoms with van der Waals surface area (Å²) >= 11 is 1.39. The molecule has 36 heavy (non-hydrogen) atoms. The van der Waals surface area contributed by atoms with Crippen molar-refractivity contribution in [2.45, 2.75) is 32.4 Å². The van der Waals surface area contributed by atoms with Crippen LogP contribution in [-0.4, -0.2) is 45.9 Å². The van der Waals surface area contributed by atoms with Crippen molar-refractivity contribution < 1.29 is 19.2 Å². The molecule has 0 fully saturated rings. The highest BCUT2D eigenvalue weighted by molar-refractivity contribution is 8.16. The number of nitro groups is 1. The Morgan fingerprint density at radius 2 is 1.86 bits per heavy atom. The first kappa shape index (κ1) is 25.2. The van der Waals surface area contributed by atoms with Gasteiger partial charge in [-0.25, -0.2) is 9.79 Å². The van der Waals surface area contributed by atoms with E-state index in [1.807, 2.05) is 47.6 Å². The molecule has 0 radical (unpaired) electrons.